The molecule has 0 radical (unpaired) electrons. The number of thiazole rings is 1. The molecule has 11 heteroatoms. The van der Waals surface area contributed by atoms with Gasteiger partial charge in [0.05, 0.1) is 31.5 Å². The average molecular weight is 547 g/mol. The van der Waals surface area contributed by atoms with Crippen molar-refractivity contribution in [1.29, 1.82) is 5.26 Å². The van der Waals surface area contributed by atoms with Crippen molar-refractivity contribution in [3.05, 3.63) is 64.1 Å². The van der Waals surface area contributed by atoms with Crippen LogP contribution in [0.5, 0.6) is 0 Å². The lowest BCUT2D eigenvalue weighted by atomic mass is 9.94. The standard InChI is InChI=1S/C28H34N8O2S/c1-20-31-24(23-6-3-8-35(18-23)9-7-29)15-26(32-20)34-28-33-25(19-39-28)27(37)30-16-21-4-2-5-22(14-21)17-36-10-12-38-13-11-36/h2,4-5,14-15,19,23H,3,6,8-13,16-18H2,1H3,(H,30,37)(H,31,32,33,34)/t23-/m0/s1. The van der Waals surface area contributed by atoms with Gasteiger partial charge in [0.25, 0.3) is 5.91 Å². The summed E-state index contributed by atoms with van der Waals surface area (Å²) in [7, 11) is 0. The second-order valence-electron chi connectivity index (χ2n) is 10.0. The molecule has 4 heterocycles. The molecule has 0 bridgehead atoms. The zero-order chi connectivity index (χ0) is 27.0. The van der Waals surface area contributed by atoms with Crippen LogP contribution in [0.4, 0.5) is 10.9 Å². The first-order valence-corrected chi connectivity index (χ1v) is 14.3. The summed E-state index contributed by atoms with van der Waals surface area (Å²) in [6, 6.07) is 12.5. The molecule has 39 heavy (non-hydrogen) atoms. The third kappa shape index (κ3) is 7.58. The molecule has 5 rings (SSSR count). The maximum Gasteiger partial charge on any atom is 0.271 e. The van der Waals surface area contributed by atoms with Crippen LogP contribution >= 0.6 is 11.3 Å². The molecule has 1 aromatic carbocycles. The second-order valence-corrected chi connectivity index (χ2v) is 10.9. The number of nitrogens with one attached hydrogen (secondary N) is 2. The van der Waals surface area contributed by atoms with Gasteiger partial charge in [-0.3, -0.25) is 14.6 Å². The number of aryl methyl sites for hydroxylation is 1. The van der Waals surface area contributed by atoms with Crippen molar-refractivity contribution in [2.24, 2.45) is 0 Å². The Hall–Kier alpha value is -3.43. The van der Waals surface area contributed by atoms with E-state index in [1.165, 1.54) is 16.9 Å². The number of carbonyl (C=O) groups excluding carboxylic acids is 1. The third-order valence-electron chi connectivity index (χ3n) is 7.00. The number of nitriles is 1. The van der Waals surface area contributed by atoms with Crippen LogP contribution in [-0.2, 0) is 17.8 Å². The van der Waals surface area contributed by atoms with Gasteiger partial charge in [-0.2, -0.15) is 5.26 Å². The molecule has 2 N–H and O–H groups in total. The molecule has 10 nitrogen and oxygen atoms in total. The van der Waals surface area contributed by atoms with Crippen LogP contribution < -0.4 is 10.6 Å². The molecule has 2 saturated heterocycles. The molecule has 204 valence electrons. The van der Waals surface area contributed by atoms with Crippen LogP contribution in [0.1, 0.15) is 51.9 Å². The zero-order valence-electron chi connectivity index (χ0n) is 22.2. The Bertz CT molecular complexity index is 1320. The number of rotatable bonds is 9. The van der Waals surface area contributed by atoms with Crippen molar-refractivity contribution >= 4 is 28.2 Å². The van der Waals surface area contributed by atoms with Gasteiger partial charge in [-0.15, -0.1) is 11.3 Å². The lowest BCUT2D eigenvalue weighted by molar-refractivity contribution is 0.0342. The highest BCUT2D eigenvalue weighted by Crippen LogP contribution is 2.28. The van der Waals surface area contributed by atoms with Gasteiger partial charge < -0.3 is 15.4 Å². The van der Waals surface area contributed by atoms with Crippen molar-refractivity contribution in [3.63, 3.8) is 0 Å². The predicted molar refractivity (Wildman–Crippen MR) is 150 cm³/mol. The Morgan fingerprint density at radius 1 is 1.15 bits per heavy atom. The number of likely N-dealkylation sites (tertiary alicyclic amines) is 1. The summed E-state index contributed by atoms with van der Waals surface area (Å²) in [4.78, 5) is 31.1. The van der Waals surface area contributed by atoms with Crippen molar-refractivity contribution in [3.8, 4) is 6.07 Å². The Morgan fingerprint density at radius 3 is 2.85 bits per heavy atom. The lowest BCUT2D eigenvalue weighted by Gasteiger charge is -2.30. The number of morpholine rings is 1. The molecule has 0 saturated carbocycles. The summed E-state index contributed by atoms with van der Waals surface area (Å²) >= 11 is 1.37. The topological polar surface area (TPSA) is 119 Å². The van der Waals surface area contributed by atoms with Crippen molar-refractivity contribution < 1.29 is 9.53 Å². The van der Waals surface area contributed by atoms with Gasteiger partial charge in [-0.05, 0) is 37.4 Å². The summed E-state index contributed by atoms with van der Waals surface area (Å²) in [5.41, 5.74) is 3.63. The first kappa shape index (κ1) is 27.1. The van der Waals surface area contributed by atoms with E-state index in [0.29, 0.717) is 35.6 Å². The number of hydrogen-bond donors (Lipinski definition) is 2. The third-order valence-corrected chi connectivity index (χ3v) is 7.76. The van der Waals surface area contributed by atoms with Crippen LogP contribution in [0.3, 0.4) is 0 Å². The molecule has 2 fully saturated rings. The molecule has 0 unspecified atom stereocenters. The summed E-state index contributed by atoms with van der Waals surface area (Å²) in [6.45, 7) is 8.85. The summed E-state index contributed by atoms with van der Waals surface area (Å²) in [5, 5.41) is 17.7. The molecule has 1 amide bonds. The molecular formula is C28H34N8O2S. The molecule has 2 aliphatic heterocycles. The Balaban J connectivity index is 1.17. The maximum atomic E-state index is 12.8. The van der Waals surface area contributed by atoms with Crippen LogP contribution in [0.15, 0.2) is 35.7 Å². The monoisotopic (exact) mass is 546 g/mol. The van der Waals surface area contributed by atoms with Crippen molar-refractivity contribution in [1.82, 2.24) is 30.1 Å². The number of aromatic nitrogens is 3. The number of nitrogens with zero attached hydrogens (tertiary/aromatic N) is 6. The number of ether oxygens (including phenoxy) is 1. The normalized spacial score (nSPS) is 18.4. The van der Waals surface area contributed by atoms with Crippen LogP contribution in [-0.4, -0.2) is 76.6 Å². The fourth-order valence-electron chi connectivity index (χ4n) is 5.08. The van der Waals surface area contributed by atoms with E-state index in [1.54, 1.807) is 5.38 Å². The SMILES string of the molecule is Cc1nc(Nc2nc(C(=O)NCc3cccc(CN4CCOCC4)c3)cs2)cc([C@H]2CCCN(CC#N)C2)n1. The van der Waals surface area contributed by atoms with Gasteiger partial charge in [0.2, 0.25) is 0 Å². The highest BCUT2D eigenvalue weighted by molar-refractivity contribution is 7.14. The van der Waals surface area contributed by atoms with E-state index in [4.69, 9.17) is 10.00 Å². The van der Waals surface area contributed by atoms with E-state index in [-0.39, 0.29) is 11.8 Å². The number of benzene rings is 1. The molecule has 1 atom stereocenters. The lowest BCUT2D eigenvalue weighted by Crippen LogP contribution is -2.35. The van der Waals surface area contributed by atoms with Crippen LogP contribution in [0, 0.1) is 18.3 Å². The van der Waals surface area contributed by atoms with E-state index < -0.39 is 0 Å². The van der Waals surface area contributed by atoms with Crippen LogP contribution in [0.2, 0.25) is 0 Å². The van der Waals surface area contributed by atoms with E-state index in [9.17, 15) is 4.79 Å². The van der Waals surface area contributed by atoms with Gasteiger partial charge in [0, 0.05) is 50.1 Å². The summed E-state index contributed by atoms with van der Waals surface area (Å²) in [5.74, 6) is 1.39. The second kappa shape index (κ2) is 13.1. The van der Waals surface area contributed by atoms with E-state index in [1.807, 2.05) is 25.1 Å². The fraction of sp³-hybridized carbons (Fsp3) is 0.464. The fourth-order valence-corrected chi connectivity index (χ4v) is 5.78. The smallest absolute Gasteiger partial charge is 0.271 e. The van der Waals surface area contributed by atoms with E-state index in [0.717, 1.165) is 70.0 Å². The Kier molecular flexibility index (Phi) is 9.11. The van der Waals surface area contributed by atoms with Crippen molar-refractivity contribution in [2.75, 3.05) is 51.3 Å². The molecule has 2 aliphatic rings. The van der Waals surface area contributed by atoms with Crippen LogP contribution in [0.25, 0.3) is 0 Å². The minimum Gasteiger partial charge on any atom is -0.379 e. The van der Waals surface area contributed by atoms with Gasteiger partial charge in [-0.1, -0.05) is 24.3 Å². The Morgan fingerprint density at radius 2 is 2.00 bits per heavy atom. The highest BCUT2D eigenvalue weighted by Gasteiger charge is 2.23. The molecule has 2 aromatic heterocycles. The number of amides is 1. The molecule has 3 aromatic rings. The summed E-state index contributed by atoms with van der Waals surface area (Å²) < 4.78 is 5.43. The van der Waals surface area contributed by atoms with E-state index >= 15 is 0 Å². The number of hydrogen-bond acceptors (Lipinski definition) is 10. The Labute approximate surface area is 233 Å². The minimum atomic E-state index is -0.211. The molecule has 0 aliphatic carbocycles. The van der Waals surface area contributed by atoms with Gasteiger partial charge in [-0.25, -0.2) is 15.0 Å². The van der Waals surface area contributed by atoms with Crippen molar-refractivity contribution in [2.45, 2.75) is 38.8 Å². The highest BCUT2D eigenvalue weighted by atomic mass is 32.1. The van der Waals surface area contributed by atoms with Gasteiger partial charge >= 0.3 is 0 Å². The minimum absolute atomic E-state index is 0.211. The number of carbonyl (C=O) groups is 1. The summed E-state index contributed by atoms with van der Waals surface area (Å²) in [6.07, 6.45) is 2.08. The number of anilines is 2. The van der Waals surface area contributed by atoms with E-state index in [2.05, 4.69) is 53.6 Å². The first-order valence-electron chi connectivity index (χ1n) is 13.4. The zero-order valence-corrected chi connectivity index (χ0v) is 23.0. The first-order chi connectivity index (χ1) is 19.1. The predicted octanol–water partition coefficient (Wildman–Crippen LogP) is 3.45. The molecular weight excluding hydrogens is 512 g/mol. The quantitative estimate of drug-likeness (QED) is 0.389. The average Bonchev–Trinajstić information content (AvgIpc) is 3.41. The molecule has 0 spiro atoms. The van der Waals surface area contributed by atoms with Gasteiger partial charge in [0.15, 0.2) is 5.13 Å². The maximum absolute atomic E-state index is 12.8. The van der Waals surface area contributed by atoms with Gasteiger partial charge in [0.1, 0.15) is 17.3 Å². The largest absolute Gasteiger partial charge is 0.379 e. The number of piperidine rings is 1.